The molecule has 5 N–H and O–H groups in total. The number of benzene rings is 2. The van der Waals surface area contributed by atoms with E-state index in [9.17, 15) is 33.6 Å². The van der Waals surface area contributed by atoms with Crippen LogP contribution in [0.25, 0.3) is 0 Å². The van der Waals surface area contributed by atoms with Crippen molar-refractivity contribution >= 4 is 41.7 Å². The summed E-state index contributed by atoms with van der Waals surface area (Å²) in [5, 5.41) is 16.5. The van der Waals surface area contributed by atoms with Crippen LogP contribution >= 0.6 is 0 Å². The van der Waals surface area contributed by atoms with E-state index in [0.29, 0.717) is 31.2 Å². The van der Waals surface area contributed by atoms with E-state index in [1.165, 1.54) is 9.80 Å². The van der Waals surface area contributed by atoms with E-state index in [4.69, 9.17) is 14.3 Å². The molecule has 7 amide bonds. The lowest BCUT2D eigenvalue weighted by Gasteiger charge is -2.53. The highest BCUT2D eigenvalue weighted by molar-refractivity contribution is 5.97. The van der Waals surface area contributed by atoms with Gasteiger partial charge in [-0.25, -0.2) is 9.59 Å². The van der Waals surface area contributed by atoms with Gasteiger partial charge in [0, 0.05) is 30.2 Å². The molecule has 0 aliphatic carbocycles. The Bertz CT molecular complexity index is 2090. The molecule has 0 radical (unpaired) electrons. The van der Waals surface area contributed by atoms with Crippen molar-refractivity contribution in [1.82, 2.24) is 41.4 Å². The Morgan fingerprint density at radius 3 is 2.00 bits per heavy atom. The minimum Gasteiger partial charge on any atom is -0.445 e. The van der Waals surface area contributed by atoms with Crippen molar-refractivity contribution in [3.05, 3.63) is 71.8 Å². The normalized spacial score (nSPS) is 23.0. The Morgan fingerprint density at radius 1 is 0.812 bits per heavy atom. The molecule has 2 aromatic rings. The lowest BCUT2D eigenvalue weighted by Crippen LogP contribution is -2.65. The van der Waals surface area contributed by atoms with Crippen LogP contribution in [-0.2, 0) is 44.9 Å². The summed E-state index contributed by atoms with van der Waals surface area (Å²) in [6.07, 6.45) is 1.06. The fourth-order valence-electron chi connectivity index (χ4n) is 10.1. The molecule has 0 spiro atoms. The van der Waals surface area contributed by atoms with E-state index >= 15 is 0 Å². The number of piperidine rings is 1. The molecule has 380 valence electrons. The molecule has 0 bridgehead atoms. The lowest BCUT2D eigenvalue weighted by atomic mass is 9.79. The van der Waals surface area contributed by atoms with Gasteiger partial charge in [-0.15, -0.1) is 0 Å². The number of carbonyl (C=O) groups is 7. The van der Waals surface area contributed by atoms with Crippen LogP contribution in [0.15, 0.2) is 60.7 Å². The van der Waals surface area contributed by atoms with Gasteiger partial charge in [-0.2, -0.15) is 5.06 Å². The zero-order valence-electron chi connectivity index (χ0n) is 42.4. The van der Waals surface area contributed by atoms with Crippen LogP contribution in [0.4, 0.5) is 9.59 Å². The Morgan fingerprint density at radius 2 is 1.41 bits per heavy atom. The third kappa shape index (κ3) is 14.6. The molecule has 0 saturated carbocycles. The van der Waals surface area contributed by atoms with Crippen LogP contribution in [0.3, 0.4) is 0 Å². The van der Waals surface area contributed by atoms with E-state index in [2.05, 4.69) is 54.3 Å². The molecular formula is C51H76N8O10. The van der Waals surface area contributed by atoms with E-state index in [1.54, 1.807) is 65.1 Å². The average molecular weight is 961 g/mol. The van der Waals surface area contributed by atoms with Gasteiger partial charge in [0.15, 0.2) is 0 Å². The van der Waals surface area contributed by atoms with Crippen LogP contribution in [0.2, 0.25) is 0 Å². The van der Waals surface area contributed by atoms with Crippen LogP contribution in [-0.4, -0.2) is 130 Å². The summed E-state index contributed by atoms with van der Waals surface area (Å²) in [6.45, 7) is 19.1. The van der Waals surface area contributed by atoms with Crippen LogP contribution in [0.1, 0.15) is 131 Å². The van der Waals surface area contributed by atoms with Gasteiger partial charge in [0.1, 0.15) is 42.4 Å². The van der Waals surface area contributed by atoms with Crippen molar-refractivity contribution in [2.75, 3.05) is 20.2 Å². The number of amides is 7. The Kier molecular flexibility index (Phi) is 18.3. The third-order valence-corrected chi connectivity index (χ3v) is 12.9. The molecule has 1 unspecified atom stereocenters. The third-order valence-electron chi connectivity index (χ3n) is 12.9. The zero-order valence-corrected chi connectivity index (χ0v) is 42.4. The SMILES string of the molecule is CON1C(C)(C)CC(NC(=O)[C@H](CC(C)C)NC(=O)[C@@H]2CCCN(C(=O)OCc3ccccc3)C(C)[C@H](NC(=O)[C@@H]3CCCN3C(=O)[C@H](NC(=O)OC(C)(C)C)c3ccccc3)C(=O)N2)CC1(C)C. The molecule has 3 aliphatic heterocycles. The number of nitrogens with one attached hydrogen (secondary N) is 5. The second-order valence-electron chi connectivity index (χ2n) is 21.2. The predicted octanol–water partition coefficient (Wildman–Crippen LogP) is 5.26. The number of rotatable bonds is 14. The van der Waals surface area contributed by atoms with Crippen LogP contribution in [0, 0.1) is 5.92 Å². The lowest BCUT2D eigenvalue weighted by molar-refractivity contribution is -0.267. The molecule has 0 aromatic heterocycles. The monoisotopic (exact) mass is 961 g/mol. The first-order chi connectivity index (χ1) is 32.4. The second-order valence-corrected chi connectivity index (χ2v) is 21.2. The number of ether oxygens (including phenoxy) is 2. The summed E-state index contributed by atoms with van der Waals surface area (Å²) in [6, 6.07) is 10.8. The highest BCUT2D eigenvalue weighted by Gasteiger charge is 2.47. The summed E-state index contributed by atoms with van der Waals surface area (Å²) in [5.41, 5.74) is -0.413. The van der Waals surface area contributed by atoms with Crippen LogP contribution < -0.4 is 26.6 Å². The topological polar surface area (TPSA) is 217 Å². The standard InChI is InChI=1S/C51H76N8O10/c1-32(2)28-38(43(61)52-36-29-50(7,8)59(67-11)51(9,10)30-36)54-42(60)37-24-18-26-57(48(66)68-31-34-20-14-12-15-21-34)33(3)40(45(63)53-37)55-44(62)39-25-19-27-58(39)46(64)41(35-22-16-13-17-23-35)56-47(65)69-49(4,5)6/h12-17,20-23,32-33,36-41H,18-19,24-31H2,1-11H3,(H,52,61)(H,53,63)(H,54,60)(H,55,62)(H,56,65)/t33?,37-,38-,39-,40-,41+/m0/s1. The van der Waals surface area contributed by atoms with E-state index in [0.717, 1.165) is 5.56 Å². The van der Waals surface area contributed by atoms with Gasteiger partial charge < -0.3 is 50.7 Å². The Labute approximate surface area is 407 Å². The number of likely N-dealkylation sites (tertiary alicyclic amines) is 1. The first-order valence-corrected chi connectivity index (χ1v) is 24.3. The van der Waals surface area contributed by atoms with Gasteiger partial charge in [-0.3, -0.25) is 24.0 Å². The van der Waals surface area contributed by atoms with Gasteiger partial charge >= 0.3 is 12.2 Å². The molecular weight excluding hydrogens is 885 g/mol. The number of hydrogen-bond acceptors (Lipinski definition) is 11. The van der Waals surface area contributed by atoms with Crippen molar-refractivity contribution in [3.8, 4) is 0 Å². The van der Waals surface area contributed by atoms with Gasteiger partial charge in [-0.1, -0.05) is 74.5 Å². The van der Waals surface area contributed by atoms with Crippen molar-refractivity contribution in [1.29, 1.82) is 0 Å². The highest BCUT2D eigenvalue weighted by atomic mass is 16.7. The summed E-state index contributed by atoms with van der Waals surface area (Å²) in [4.78, 5) is 107. The zero-order chi connectivity index (χ0) is 50.8. The summed E-state index contributed by atoms with van der Waals surface area (Å²) >= 11 is 0. The molecule has 3 heterocycles. The summed E-state index contributed by atoms with van der Waals surface area (Å²) in [5.74, 6) is -2.87. The van der Waals surface area contributed by atoms with Gasteiger partial charge in [-0.05, 0) is 117 Å². The summed E-state index contributed by atoms with van der Waals surface area (Å²) in [7, 11) is 1.64. The van der Waals surface area contributed by atoms with Crippen molar-refractivity contribution in [3.63, 3.8) is 0 Å². The molecule has 18 heteroatoms. The predicted molar refractivity (Wildman–Crippen MR) is 259 cm³/mol. The fourth-order valence-corrected chi connectivity index (χ4v) is 10.1. The summed E-state index contributed by atoms with van der Waals surface area (Å²) < 4.78 is 11.2. The van der Waals surface area contributed by atoms with E-state index in [-0.39, 0.29) is 56.8 Å². The maximum absolute atomic E-state index is 14.6. The highest BCUT2D eigenvalue weighted by Crippen LogP contribution is 2.38. The molecule has 3 saturated heterocycles. The second kappa shape index (κ2) is 23.2. The van der Waals surface area contributed by atoms with Crippen LogP contribution in [0.5, 0.6) is 0 Å². The Balaban J connectivity index is 1.38. The van der Waals surface area contributed by atoms with Crippen molar-refractivity contribution in [2.45, 2.75) is 180 Å². The number of carbonyl (C=O) groups excluding carboxylic acids is 7. The number of hydrogen-bond donors (Lipinski definition) is 5. The molecule has 3 aliphatic rings. The largest absolute Gasteiger partial charge is 0.445 e. The quantitative estimate of drug-likeness (QED) is 0.165. The van der Waals surface area contributed by atoms with Gasteiger partial charge in [0.05, 0.1) is 13.2 Å². The van der Waals surface area contributed by atoms with E-state index in [1.807, 2.05) is 49.2 Å². The Hall–Kier alpha value is -5.75. The first-order valence-electron chi connectivity index (χ1n) is 24.3. The number of hydroxylamine groups is 2. The molecule has 6 atom stereocenters. The molecule has 2 aromatic carbocycles. The maximum atomic E-state index is 14.6. The van der Waals surface area contributed by atoms with Crippen molar-refractivity contribution < 1.29 is 47.9 Å². The smallest absolute Gasteiger partial charge is 0.410 e. The molecule has 3 fully saturated rings. The molecule has 69 heavy (non-hydrogen) atoms. The molecule has 5 rings (SSSR count). The van der Waals surface area contributed by atoms with Gasteiger partial charge in [0.25, 0.3) is 5.91 Å². The van der Waals surface area contributed by atoms with Crippen molar-refractivity contribution in [2.24, 2.45) is 5.92 Å². The molecule has 18 nitrogen and oxygen atoms in total. The van der Waals surface area contributed by atoms with E-state index < -0.39 is 88.7 Å². The average Bonchev–Trinajstić information content (AvgIpc) is 3.78. The van der Waals surface area contributed by atoms with Gasteiger partial charge in [0.2, 0.25) is 23.6 Å². The first kappa shape index (κ1) is 54.2. The maximum Gasteiger partial charge on any atom is 0.410 e. The number of nitrogens with zero attached hydrogens (tertiary/aromatic N) is 3. The minimum absolute atomic E-state index is 0.0217. The number of alkyl carbamates (subject to hydrolysis) is 1. The minimum atomic E-state index is -1.42. The fraction of sp³-hybridized carbons (Fsp3) is 0.627.